The van der Waals surface area contributed by atoms with Crippen LogP contribution in [0.3, 0.4) is 0 Å². The topological polar surface area (TPSA) is 72.3 Å². The summed E-state index contributed by atoms with van der Waals surface area (Å²) in [5.41, 5.74) is 6.42. The molecule has 0 aliphatic heterocycles. The molecule has 1 saturated carbocycles. The Labute approximate surface area is 65.8 Å². The lowest BCUT2D eigenvalue weighted by atomic mass is 10.3. The van der Waals surface area contributed by atoms with E-state index in [0.29, 0.717) is 5.92 Å². The van der Waals surface area contributed by atoms with Crippen LogP contribution in [0.1, 0.15) is 12.8 Å². The van der Waals surface area contributed by atoms with Crippen molar-refractivity contribution in [2.75, 3.05) is 6.54 Å². The van der Waals surface area contributed by atoms with E-state index >= 15 is 0 Å². The number of carbonyl (C=O) groups excluding carboxylic acids is 1. The van der Waals surface area contributed by atoms with Crippen LogP contribution >= 0.6 is 0 Å². The number of hydrazine groups is 1. The Bertz CT molecular complexity index is 175. The van der Waals surface area contributed by atoms with Gasteiger partial charge >= 0.3 is 0 Å². The lowest BCUT2D eigenvalue weighted by Crippen LogP contribution is -2.28. The van der Waals surface area contributed by atoms with Crippen molar-refractivity contribution in [3.05, 3.63) is 11.9 Å². The first-order valence-corrected chi connectivity index (χ1v) is 3.66. The molecule has 0 bridgehead atoms. The van der Waals surface area contributed by atoms with E-state index in [0.717, 1.165) is 24.8 Å². The van der Waals surface area contributed by atoms with Gasteiger partial charge < -0.3 is 15.5 Å². The number of allylic oxidation sites excluding steroid dienone is 1. The van der Waals surface area contributed by atoms with E-state index in [1.807, 2.05) is 0 Å². The molecule has 1 fully saturated rings. The van der Waals surface area contributed by atoms with Crippen molar-refractivity contribution in [2.24, 2.45) is 17.5 Å². The largest absolute Gasteiger partial charge is 0.401 e. The van der Waals surface area contributed by atoms with Crippen LogP contribution in [-0.4, -0.2) is 17.8 Å². The third-order valence-electron chi connectivity index (χ3n) is 1.65. The van der Waals surface area contributed by atoms with Gasteiger partial charge in [-0.15, -0.1) is 0 Å². The molecule has 0 atom stereocenters. The molecule has 11 heavy (non-hydrogen) atoms. The zero-order valence-electron chi connectivity index (χ0n) is 6.36. The average Bonchev–Trinajstić information content (AvgIpc) is 2.67. The number of hydrogen-bond donors (Lipinski definition) is 2. The van der Waals surface area contributed by atoms with Crippen LogP contribution in [0.4, 0.5) is 0 Å². The third-order valence-corrected chi connectivity index (χ3v) is 1.65. The Morgan fingerprint density at radius 3 is 2.73 bits per heavy atom. The van der Waals surface area contributed by atoms with Crippen molar-refractivity contribution < 1.29 is 4.79 Å². The van der Waals surface area contributed by atoms with Gasteiger partial charge in [0.1, 0.15) is 6.29 Å². The number of nitrogens with two attached hydrogens (primary N) is 2. The molecule has 1 rings (SSSR count). The van der Waals surface area contributed by atoms with Crippen LogP contribution in [0.5, 0.6) is 0 Å². The Balaban J connectivity index is 2.34. The molecule has 4 heteroatoms. The quantitative estimate of drug-likeness (QED) is 0.328. The molecule has 1 aliphatic rings. The molecule has 0 radical (unpaired) electrons. The summed E-state index contributed by atoms with van der Waals surface area (Å²) in [6.45, 7) is 0.202. The highest BCUT2D eigenvalue weighted by atomic mass is 16.1. The van der Waals surface area contributed by atoms with E-state index < -0.39 is 0 Å². The van der Waals surface area contributed by atoms with Gasteiger partial charge in [0, 0.05) is 17.8 Å². The van der Waals surface area contributed by atoms with Crippen molar-refractivity contribution in [1.82, 2.24) is 5.01 Å². The van der Waals surface area contributed by atoms with Gasteiger partial charge in [0.15, 0.2) is 0 Å². The molecule has 4 nitrogen and oxygen atoms in total. The molecule has 0 aromatic carbocycles. The van der Waals surface area contributed by atoms with Gasteiger partial charge in [-0.25, -0.2) is 5.84 Å². The molecule has 0 aromatic heterocycles. The van der Waals surface area contributed by atoms with Crippen LogP contribution in [-0.2, 0) is 4.79 Å². The van der Waals surface area contributed by atoms with Crippen molar-refractivity contribution in [2.45, 2.75) is 12.8 Å². The molecule has 1 aliphatic carbocycles. The van der Waals surface area contributed by atoms with Gasteiger partial charge in [-0.1, -0.05) is 0 Å². The van der Waals surface area contributed by atoms with E-state index in [1.165, 1.54) is 5.01 Å². The third kappa shape index (κ3) is 2.59. The van der Waals surface area contributed by atoms with Crippen LogP contribution in [0, 0.1) is 5.92 Å². The SMILES string of the molecule is N/C(=C\N(N)CC=O)C1CC1. The Kier molecular flexibility index (Phi) is 2.48. The second-order valence-electron chi connectivity index (χ2n) is 2.77. The smallest absolute Gasteiger partial charge is 0.140 e. The van der Waals surface area contributed by atoms with E-state index in [9.17, 15) is 4.79 Å². The summed E-state index contributed by atoms with van der Waals surface area (Å²) >= 11 is 0. The first kappa shape index (κ1) is 8.07. The number of rotatable bonds is 4. The fourth-order valence-electron chi connectivity index (χ4n) is 0.852. The second-order valence-corrected chi connectivity index (χ2v) is 2.77. The summed E-state index contributed by atoms with van der Waals surface area (Å²) in [4.78, 5) is 9.99. The number of hydrogen-bond acceptors (Lipinski definition) is 4. The van der Waals surface area contributed by atoms with Gasteiger partial charge in [-0.2, -0.15) is 0 Å². The summed E-state index contributed by atoms with van der Waals surface area (Å²) in [6, 6.07) is 0. The summed E-state index contributed by atoms with van der Waals surface area (Å²) in [5.74, 6) is 5.90. The summed E-state index contributed by atoms with van der Waals surface area (Å²) < 4.78 is 0. The molecule has 4 N–H and O–H groups in total. The minimum absolute atomic E-state index is 0.202. The van der Waals surface area contributed by atoms with Gasteiger partial charge in [-0.3, -0.25) is 0 Å². The van der Waals surface area contributed by atoms with E-state index in [1.54, 1.807) is 6.20 Å². The van der Waals surface area contributed by atoms with Gasteiger partial charge in [-0.05, 0) is 12.8 Å². The summed E-state index contributed by atoms with van der Waals surface area (Å²) in [6.07, 6.45) is 4.68. The minimum atomic E-state index is 0.202. The normalized spacial score (nSPS) is 18.1. The highest BCUT2D eigenvalue weighted by Gasteiger charge is 2.24. The highest BCUT2D eigenvalue weighted by molar-refractivity contribution is 5.52. The van der Waals surface area contributed by atoms with Crippen LogP contribution in [0.15, 0.2) is 11.9 Å². The molecule has 62 valence electrons. The molecule has 0 saturated heterocycles. The summed E-state index contributed by atoms with van der Waals surface area (Å²) in [7, 11) is 0. The van der Waals surface area contributed by atoms with E-state index in [2.05, 4.69) is 0 Å². The van der Waals surface area contributed by atoms with Gasteiger partial charge in [0.25, 0.3) is 0 Å². The predicted molar refractivity (Wildman–Crippen MR) is 42.0 cm³/mol. The fraction of sp³-hybridized carbons (Fsp3) is 0.571. The van der Waals surface area contributed by atoms with E-state index in [4.69, 9.17) is 11.6 Å². The number of aldehydes is 1. The lowest BCUT2D eigenvalue weighted by Gasteiger charge is -2.10. The maximum absolute atomic E-state index is 9.99. The first-order valence-electron chi connectivity index (χ1n) is 3.66. The molecular weight excluding hydrogens is 142 g/mol. The molecule has 0 spiro atoms. The van der Waals surface area contributed by atoms with Crippen LogP contribution in [0.2, 0.25) is 0 Å². The minimum Gasteiger partial charge on any atom is -0.401 e. The Morgan fingerprint density at radius 1 is 1.64 bits per heavy atom. The number of nitrogens with zero attached hydrogens (tertiary/aromatic N) is 1. The Hall–Kier alpha value is -1.03. The van der Waals surface area contributed by atoms with Crippen molar-refractivity contribution in [3.8, 4) is 0 Å². The van der Waals surface area contributed by atoms with Crippen molar-refractivity contribution in [1.29, 1.82) is 0 Å². The molecule has 0 amide bonds. The monoisotopic (exact) mass is 155 g/mol. The van der Waals surface area contributed by atoms with Crippen molar-refractivity contribution >= 4 is 6.29 Å². The standard InChI is InChI=1S/C7H13N3O/c8-7(6-1-2-6)5-10(9)3-4-11/h4-6H,1-3,8-9H2/b7-5-. The predicted octanol–water partition coefficient (Wildman–Crippen LogP) is -0.429. The van der Waals surface area contributed by atoms with Gasteiger partial charge in [0.2, 0.25) is 0 Å². The van der Waals surface area contributed by atoms with Crippen LogP contribution < -0.4 is 11.6 Å². The van der Waals surface area contributed by atoms with Crippen molar-refractivity contribution in [3.63, 3.8) is 0 Å². The molecule has 0 aromatic rings. The zero-order chi connectivity index (χ0) is 8.27. The molecule has 0 heterocycles. The molecule has 0 unspecified atom stereocenters. The highest BCUT2D eigenvalue weighted by Crippen LogP contribution is 2.33. The van der Waals surface area contributed by atoms with Crippen LogP contribution in [0.25, 0.3) is 0 Å². The lowest BCUT2D eigenvalue weighted by molar-refractivity contribution is -0.108. The van der Waals surface area contributed by atoms with E-state index in [-0.39, 0.29) is 6.54 Å². The molecular formula is C7H13N3O. The maximum atomic E-state index is 9.99. The fourth-order valence-corrected chi connectivity index (χ4v) is 0.852. The van der Waals surface area contributed by atoms with Gasteiger partial charge in [0.05, 0.1) is 6.54 Å². The first-order chi connectivity index (χ1) is 5.24. The Morgan fingerprint density at radius 2 is 2.27 bits per heavy atom. The second kappa shape index (κ2) is 3.39. The maximum Gasteiger partial charge on any atom is 0.140 e. The zero-order valence-corrected chi connectivity index (χ0v) is 6.36. The average molecular weight is 155 g/mol. The number of carbonyl (C=O) groups is 1. The summed E-state index contributed by atoms with van der Waals surface area (Å²) in [5, 5.41) is 1.31.